The van der Waals surface area contributed by atoms with Crippen LogP contribution in [0.5, 0.6) is 0 Å². The van der Waals surface area contributed by atoms with Gasteiger partial charge in [-0.2, -0.15) is 0 Å². The molecule has 2 aliphatic rings. The van der Waals surface area contributed by atoms with Crippen LogP contribution in [0.25, 0.3) is 0 Å². The molecule has 22 heavy (non-hydrogen) atoms. The molecule has 1 N–H and O–H groups in total. The fourth-order valence-corrected chi connectivity index (χ4v) is 3.60. The van der Waals surface area contributed by atoms with Crippen LogP contribution in [-0.4, -0.2) is 30.1 Å². The van der Waals surface area contributed by atoms with Crippen molar-refractivity contribution in [1.29, 1.82) is 0 Å². The van der Waals surface area contributed by atoms with E-state index in [0.717, 1.165) is 31.8 Å². The van der Waals surface area contributed by atoms with Crippen molar-refractivity contribution >= 4 is 5.91 Å². The Balaban J connectivity index is 1.53. The maximum absolute atomic E-state index is 12.5. The van der Waals surface area contributed by atoms with E-state index >= 15 is 0 Å². The van der Waals surface area contributed by atoms with E-state index in [1.807, 2.05) is 24.5 Å². The lowest BCUT2D eigenvalue weighted by Gasteiger charge is -2.27. The summed E-state index contributed by atoms with van der Waals surface area (Å²) >= 11 is 0. The van der Waals surface area contributed by atoms with Crippen molar-refractivity contribution in [2.45, 2.75) is 45.1 Å². The SMILES string of the molecule is CC1CCC(C(=O)N[C@H]2COC[C@H]2Cc2ccncc2)CC1. The smallest absolute Gasteiger partial charge is 0.223 e. The number of rotatable bonds is 4. The lowest BCUT2D eigenvalue weighted by Crippen LogP contribution is -2.44. The highest BCUT2D eigenvalue weighted by Gasteiger charge is 2.32. The molecule has 0 aromatic carbocycles. The number of hydrogen-bond acceptors (Lipinski definition) is 3. The second kappa shape index (κ2) is 7.23. The molecular formula is C18H26N2O2. The maximum Gasteiger partial charge on any atom is 0.223 e. The van der Waals surface area contributed by atoms with E-state index in [9.17, 15) is 4.79 Å². The van der Waals surface area contributed by atoms with Crippen molar-refractivity contribution in [1.82, 2.24) is 10.3 Å². The Labute approximate surface area is 132 Å². The molecule has 0 spiro atoms. The summed E-state index contributed by atoms with van der Waals surface area (Å²) < 4.78 is 5.62. The molecule has 4 heteroatoms. The van der Waals surface area contributed by atoms with Crippen molar-refractivity contribution in [3.05, 3.63) is 30.1 Å². The molecule has 120 valence electrons. The largest absolute Gasteiger partial charge is 0.379 e. The third-order valence-electron chi connectivity index (χ3n) is 5.16. The molecule has 1 saturated carbocycles. The summed E-state index contributed by atoms with van der Waals surface area (Å²) in [5.41, 5.74) is 1.26. The van der Waals surface area contributed by atoms with Gasteiger partial charge in [0.05, 0.1) is 19.3 Å². The molecule has 1 aliphatic heterocycles. The summed E-state index contributed by atoms with van der Waals surface area (Å²) in [4.78, 5) is 16.5. The Hall–Kier alpha value is -1.42. The van der Waals surface area contributed by atoms with Gasteiger partial charge in [0.25, 0.3) is 0 Å². The number of amides is 1. The molecule has 0 unspecified atom stereocenters. The van der Waals surface area contributed by atoms with Crippen LogP contribution >= 0.6 is 0 Å². The van der Waals surface area contributed by atoms with Gasteiger partial charge < -0.3 is 10.1 Å². The fourth-order valence-electron chi connectivity index (χ4n) is 3.60. The van der Waals surface area contributed by atoms with Gasteiger partial charge in [-0.3, -0.25) is 9.78 Å². The Morgan fingerprint density at radius 1 is 1.23 bits per heavy atom. The minimum atomic E-state index is 0.153. The van der Waals surface area contributed by atoms with Crippen LogP contribution in [0.1, 0.15) is 38.2 Å². The normalized spacial score (nSPS) is 31.9. The number of nitrogens with one attached hydrogen (secondary N) is 1. The first kappa shape index (κ1) is 15.5. The monoisotopic (exact) mass is 302 g/mol. The number of hydrogen-bond donors (Lipinski definition) is 1. The Bertz CT molecular complexity index is 483. The summed E-state index contributed by atoms with van der Waals surface area (Å²) in [6.07, 6.45) is 9.02. The highest BCUT2D eigenvalue weighted by atomic mass is 16.5. The molecule has 0 radical (unpaired) electrons. The van der Waals surface area contributed by atoms with E-state index in [4.69, 9.17) is 4.74 Å². The van der Waals surface area contributed by atoms with E-state index in [2.05, 4.69) is 17.2 Å². The zero-order valence-corrected chi connectivity index (χ0v) is 13.3. The maximum atomic E-state index is 12.5. The Morgan fingerprint density at radius 3 is 2.68 bits per heavy atom. The van der Waals surface area contributed by atoms with E-state index < -0.39 is 0 Å². The van der Waals surface area contributed by atoms with Gasteiger partial charge in [-0.15, -0.1) is 0 Å². The highest BCUT2D eigenvalue weighted by Crippen LogP contribution is 2.29. The summed E-state index contributed by atoms with van der Waals surface area (Å²) in [7, 11) is 0. The fraction of sp³-hybridized carbons (Fsp3) is 0.667. The van der Waals surface area contributed by atoms with Gasteiger partial charge in [0.1, 0.15) is 0 Å². The molecule has 1 amide bonds. The van der Waals surface area contributed by atoms with Gasteiger partial charge >= 0.3 is 0 Å². The molecular weight excluding hydrogens is 276 g/mol. The molecule has 3 rings (SSSR count). The first-order valence-electron chi connectivity index (χ1n) is 8.49. The second-order valence-corrected chi connectivity index (χ2v) is 6.93. The average Bonchev–Trinajstić information content (AvgIpc) is 2.96. The van der Waals surface area contributed by atoms with E-state index in [0.29, 0.717) is 12.5 Å². The van der Waals surface area contributed by atoms with Gasteiger partial charge in [-0.25, -0.2) is 0 Å². The van der Waals surface area contributed by atoms with Gasteiger partial charge in [-0.05, 0) is 55.7 Å². The second-order valence-electron chi connectivity index (χ2n) is 6.93. The minimum Gasteiger partial charge on any atom is -0.379 e. The third-order valence-corrected chi connectivity index (χ3v) is 5.16. The van der Waals surface area contributed by atoms with Crippen LogP contribution in [0, 0.1) is 17.8 Å². The lowest BCUT2D eigenvalue weighted by molar-refractivity contribution is -0.127. The Kier molecular flexibility index (Phi) is 5.08. The number of pyridine rings is 1. The Morgan fingerprint density at radius 2 is 1.95 bits per heavy atom. The van der Waals surface area contributed by atoms with Crippen LogP contribution in [0.15, 0.2) is 24.5 Å². The topological polar surface area (TPSA) is 51.2 Å². The van der Waals surface area contributed by atoms with Gasteiger partial charge in [0.15, 0.2) is 0 Å². The summed E-state index contributed by atoms with van der Waals surface area (Å²) in [5.74, 6) is 1.59. The van der Waals surface area contributed by atoms with Gasteiger partial charge in [-0.1, -0.05) is 6.92 Å². The van der Waals surface area contributed by atoms with E-state index in [-0.39, 0.29) is 17.9 Å². The van der Waals surface area contributed by atoms with Crippen molar-refractivity contribution in [3.8, 4) is 0 Å². The molecule has 2 atom stereocenters. The zero-order valence-electron chi connectivity index (χ0n) is 13.3. The standard InChI is InChI=1S/C18H26N2O2/c1-13-2-4-15(5-3-13)18(21)20-17-12-22-11-16(17)10-14-6-8-19-9-7-14/h6-9,13,15-17H,2-5,10-12H2,1H3,(H,20,21)/t13?,15?,16-,17+/m1/s1. The molecule has 0 bridgehead atoms. The molecule has 2 fully saturated rings. The molecule has 2 heterocycles. The lowest BCUT2D eigenvalue weighted by atomic mass is 9.82. The zero-order chi connectivity index (χ0) is 15.4. The molecule has 1 aromatic rings. The highest BCUT2D eigenvalue weighted by molar-refractivity contribution is 5.79. The molecule has 1 saturated heterocycles. The van der Waals surface area contributed by atoms with Gasteiger partial charge in [0.2, 0.25) is 5.91 Å². The summed E-state index contributed by atoms with van der Waals surface area (Å²) in [5, 5.41) is 3.25. The van der Waals surface area contributed by atoms with Crippen LogP contribution < -0.4 is 5.32 Å². The number of carbonyl (C=O) groups is 1. The molecule has 4 nitrogen and oxygen atoms in total. The number of nitrogens with zero attached hydrogens (tertiary/aromatic N) is 1. The minimum absolute atomic E-state index is 0.153. The van der Waals surface area contributed by atoms with E-state index in [1.165, 1.54) is 18.4 Å². The third kappa shape index (κ3) is 3.86. The van der Waals surface area contributed by atoms with Gasteiger partial charge in [0, 0.05) is 24.2 Å². The first-order chi connectivity index (χ1) is 10.7. The summed E-state index contributed by atoms with van der Waals surface area (Å²) in [6, 6.07) is 4.24. The predicted octanol–water partition coefficient (Wildman–Crippen LogP) is 2.58. The number of aromatic nitrogens is 1. The number of ether oxygens (including phenoxy) is 1. The molecule has 1 aromatic heterocycles. The molecule has 1 aliphatic carbocycles. The van der Waals surface area contributed by atoms with Crippen molar-refractivity contribution < 1.29 is 9.53 Å². The van der Waals surface area contributed by atoms with Crippen LogP contribution in [-0.2, 0) is 16.0 Å². The van der Waals surface area contributed by atoms with E-state index in [1.54, 1.807) is 0 Å². The van der Waals surface area contributed by atoms with Crippen LogP contribution in [0.3, 0.4) is 0 Å². The van der Waals surface area contributed by atoms with Crippen LogP contribution in [0.2, 0.25) is 0 Å². The quantitative estimate of drug-likeness (QED) is 0.930. The average molecular weight is 302 g/mol. The predicted molar refractivity (Wildman–Crippen MR) is 85.3 cm³/mol. The van der Waals surface area contributed by atoms with Crippen molar-refractivity contribution in [3.63, 3.8) is 0 Å². The van der Waals surface area contributed by atoms with Crippen molar-refractivity contribution in [2.75, 3.05) is 13.2 Å². The first-order valence-corrected chi connectivity index (χ1v) is 8.49. The summed E-state index contributed by atoms with van der Waals surface area (Å²) in [6.45, 7) is 3.66. The van der Waals surface area contributed by atoms with Crippen molar-refractivity contribution in [2.24, 2.45) is 17.8 Å². The van der Waals surface area contributed by atoms with Crippen LogP contribution in [0.4, 0.5) is 0 Å². The number of carbonyl (C=O) groups excluding carboxylic acids is 1.